The third kappa shape index (κ3) is 8.52. The Hall–Kier alpha value is -0.0800. The van der Waals surface area contributed by atoms with Crippen molar-refractivity contribution in [2.45, 2.75) is 34.6 Å². The molecular weight excluding hydrogens is 174 g/mol. The fraction of sp³-hybridized carbons (Fsp3) is 1.00. The lowest BCUT2D eigenvalue weighted by molar-refractivity contribution is 0.103. The molecular formula is C12H27NO. The van der Waals surface area contributed by atoms with Crippen molar-refractivity contribution < 1.29 is 4.74 Å². The van der Waals surface area contributed by atoms with Crippen LogP contribution >= 0.6 is 0 Å². The van der Waals surface area contributed by atoms with Crippen LogP contribution in [0.25, 0.3) is 0 Å². The maximum Gasteiger partial charge on any atom is 0.0593 e. The van der Waals surface area contributed by atoms with Gasteiger partial charge in [-0.1, -0.05) is 27.7 Å². The van der Waals surface area contributed by atoms with Gasteiger partial charge in [0.15, 0.2) is 0 Å². The van der Waals surface area contributed by atoms with E-state index < -0.39 is 0 Å². The van der Waals surface area contributed by atoms with Crippen molar-refractivity contribution in [2.75, 3.05) is 32.8 Å². The van der Waals surface area contributed by atoms with Crippen molar-refractivity contribution in [3.05, 3.63) is 0 Å². The average molecular weight is 201 g/mol. The summed E-state index contributed by atoms with van der Waals surface area (Å²) >= 11 is 0. The van der Waals surface area contributed by atoms with Gasteiger partial charge in [0.1, 0.15) is 0 Å². The molecule has 0 radical (unpaired) electrons. The van der Waals surface area contributed by atoms with Crippen LogP contribution in [0.5, 0.6) is 0 Å². The lowest BCUT2D eigenvalue weighted by atomic mass is 10.1. The molecule has 0 N–H and O–H groups in total. The minimum absolute atomic E-state index is 0.746. The molecule has 0 aliphatic rings. The zero-order valence-corrected chi connectivity index (χ0v) is 10.5. The van der Waals surface area contributed by atoms with E-state index in [4.69, 9.17) is 4.74 Å². The Bertz CT molecular complexity index is 113. The van der Waals surface area contributed by atoms with Gasteiger partial charge in [0.25, 0.3) is 0 Å². The van der Waals surface area contributed by atoms with Gasteiger partial charge in [0.2, 0.25) is 0 Å². The number of rotatable bonds is 8. The molecule has 0 aromatic carbocycles. The fourth-order valence-electron chi connectivity index (χ4n) is 1.63. The summed E-state index contributed by atoms with van der Waals surface area (Å²) in [6, 6.07) is 0. The maximum absolute atomic E-state index is 5.39. The molecule has 0 saturated heterocycles. The van der Waals surface area contributed by atoms with E-state index in [9.17, 15) is 0 Å². The van der Waals surface area contributed by atoms with Crippen molar-refractivity contribution in [3.63, 3.8) is 0 Å². The molecule has 0 rings (SSSR count). The minimum Gasteiger partial charge on any atom is -0.380 e. The quantitative estimate of drug-likeness (QED) is 0.560. The van der Waals surface area contributed by atoms with E-state index in [0.717, 1.165) is 31.6 Å². The largest absolute Gasteiger partial charge is 0.380 e. The van der Waals surface area contributed by atoms with Crippen molar-refractivity contribution in [3.8, 4) is 0 Å². The van der Waals surface area contributed by atoms with Crippen LogP contribution in [0, 0.1) is 11.8 Å². The molecule has 0 aromatic heterocycles. The summed E-state index contributed by atoms with van der Waals surface area (Å²) in [5.41, 5.74) is 0. The second-order valence-corrected chi connectivity index (χ2v) is 4.74. The Morgan fingerprint density at radius 2 is 1.50 bits per heavy atom. The molecule has 2 heteroatoms. The Labute approximate surface area is 89.6 Å². The lowest BCUT2D eigenvalue weighted by Gasteiger charge is -2.25. The zero-order valence-electron chi connectivity index (χ0n) is 10.5. The highest BCUT2D eigenvalue weighted by molar-refractivity contribution is 4.62. The first-order chi connectivity index (χ1) is 6.56. The molecule has 0 atom stereocenters. The molecule has 0 aromatic rings. The molecule has 14 heavy (non-hydrogen) atoms. The first kappa shape index (κ1) is 13.9. The fourth-order valence-corrected chi connectivity index (χ4v) is 1.63. The Balaban J connectivity index is 3.72. The van der Waals surface area contributed by atoms with Crippen LogP contribution in [0.4, 0.5) is 0 Å². The molecule has 86 valence electrons. The molecule has 0 aliphatic heterocycles. The molecule has 0 amide bonds. The topological polar surface area (TPSA) is 12.5 Å². The maximum atomic E-state index is 5.39. The van der Waals surface area contributed by atoms with Crippen molar-refractivity contribution in [1.82, 2.24) is 4.90 Å². The summed E-state index contributed by atoms with van der Waals surface area (Å²) in [5.74, 6) is 1.49. The summed E-state index contributed by atoms with van der Waals surface area (Å²) < 4.78 is 5.39. The van der Waals surface area contributed by atoms with Crippen LogP contribution in [0.1, 0.15) is 34.6 Å². The van der Waals surface area contributed by atoms with Crippen LogP contribution in [0.3, 0.4) is 0 Å². The van der Waals surface area contributed by atoms with Gasteiger partial charge in [0, 0.05) is 26.2 Å². The average Bonchev–Trinajstić information content (AvgIpc) is 2.02. The highest BCUT2D eigenvalue weighted by Crippen LogP contribution is 2.03. The van der Waals surface area contributed by atoms with Gasteiger partial charge in [-0.2, -0.15) is 0 Å². The number of ether oxygens (including phenoxy) is 1. The standard InChI is InChI=1S/C12H27NO/c1-6-14-8-7-13(9-11(2)3)10-12(4)5/h11-12H,6-10H2,1-5H3. The van der Waals surface area contributed by atoms with Gasteiger partial charge in [-0.3, -0.25) is 0 Å². The Kier molecular flexibility index (Phi) is 8.20. The van der Waals surface area contributed by atoms with E-state index in [1.165, 1.54) is 13.1 Å². The van der Waals surface area contributed by atoms with Crippen LogP contribution < -0.4 is 0 Å². The van der Waals surface area contributed by atoms with Crippen LogP contribution in [0.15, 0.2) is 0 Å². The molecule has 0 fully saturated rings. The second kappa shape index (κ2) is 8.25. The molecule has 0 spiro atoms. The highest BCUT2D eigenvalue weighted by Gasteiger charge is 2.08. The summed E-state index contributed by atoms with van der Waals surface area (Å²) in [6.07, 6.45) is 0. The second-order valence-electron chi connectivity index (χ2n) is 4.74. The van der Waals surface area contributed by atoms with Gasteiger partial charge < -0.3 is 9.64 Å². The Morgan fingerprint density at radius 1 is 1.00 bits per heavy atom. The zero-order chi connectivity index (χ0) is 11.0. The molecule has 0 bridgehead atoms. The molecule has 0 unspecified atom stereocenters. The predicted octanol–water partition coefficient (Wildman–Crippen LogP) is 2.64. The van der Waals surface area contributed by atoms with Gasteiger partial charge in [0.05, 0.1) is 6.61 Å². The summed E-state index contributed by atoms with van der Waals surface area (Å²) in [7, 11) is 0. The van der Waals surface area contributed by atoms with Crippen LogP contribution in [-0.4, -0.2) is 37.7 Å². The number of hydrogen-bond acceptors (Lipinski definition) is 2. The predicted molar refractivity (Wildman–Crippen MR) is 62.6 cm³/mol. The molecule has 2 nitrogen and oxygen atoms in total. The van der Waals surface area contributed by atoms with Crippen molar-refractivity contribution in [2.24, 2.45) is 11.8 Å². The summed E-state index contributed by atoms with van der Waals surface area (Å²) in [6.45, 7) is 16.3. The third-order valence-corrected chi connectivity index (χ3v) is 2.00. The smallest absolute Gasteiger partial charge is 0.0593 e. The summed E-state index contributed by atoms with van der Waals surface area (Å²) in [5, 5.41) is 0. The number of hydrogen-bond donors (Lipinski definition) is 0. The minimum atomic E-state index is 0.746. The van der Waals surface area contributed by atoms with E-state index >= 15 is 0 Å². The molecule has 0 saturated carbocycles. The third-order valence-electron chi connectivity index (χ3n) is 2.00. The van der Waals surface area contributed by atoms with Gasteiger partial charge in [-0.15, -0.1) is 0 Å². The van der Waals surface area contributed by atoms with Crippen LogP contribution in [-0.2, 0) is 4.74 Å². The van der Waals surface area contributed by atoms with Crippen LogP contribution in [0.2, 0.25) is 0 Å². The highest BCUT2D eigenvalue weighted by atomic mass is 16.5. The molecule has 0 heterocycles. The Morgan fingerprint density at radius 3 is 1.86 bits per heavy atom. The van der Waals surface area contributed by atoms with Gasteiger partial charge in [-0.25, -0.2) is 0 Å². The van der Waals surface area contributed by atoms with E-state index in [1.807, 2.05) is 0 Å². The SMILES string of the molecule is CCOCCN(CC(C)C)CC(C)C. The van der Waals surface area contributed by atoms with E-state index in [2.05, 4.69) is 39.5 Å². The van der Waals surface area contributed by atoms with E-state index in [1.54, 1.807) is 0 Å². The lowest BCUT2D eigenvalue weighted by Crippen LogP contribution is -2.34. The first-order valence-electron chi connectivity index (χ1n) is 5.86. The van der Waals surface area contributed by atoms with Gasteiger partial charge in [-0.05, 0) is 18.8 Å². The van der Waals surface area contributed by atoms with Gasteiger partial charge >= 0.3 is 0 Å². The van der Waals surface area contributed by atoms with E-state index in [-0.39, 0.29) is 0 Å². The van der Waals surface area contributed by atoms with Crippen molar-refractivity contribution in [1.29, 1.82) is 0 Å². The summed E-state index contributed by atoms with van der Waals surface area (Å²) in [4.78, 5) is 2.50. The monoisotopic (exact) mass is 201 g/mol. The van der Waals surface area contributed by atoms with E-state index in [0.29, 0.717) is 0 Å². The van der Waals surface area contributed by atoms with Crippen molar-refractivity contribution >= 4 is 0 Å². The number of nitrogens with zero attached hydrogens (tertiary/aromatic N) is 1. The normalized spacial score (nSPS) is 12.0. The molecule has 0 aliphatic carbocycles. The first-order valence-corrected chi connectivity index (χ1v) is 5.86.